The highest BCUT2D eigenvalue weighted by molar-refractivity contribution is 6.30. The third kappa shape index (κ3) is 3.62. The Kier molecular flexibility index (Phi) is 4.74. The quantitative estimate of drug-likeness (QED) is 0.370. The van der Waals surface area contributed by atoms with Crippen LogP contribution in [0.15, 0.2) is 27.4 Å². The normalized spacial score (nSPS) is 12.5. The minimum atomic E-state index is -2.61. The first kappa shape index (κ1) is 11.3. The predicted octanol–water partition coefficient (Wildman–Crippen LogP) is 3.37. The molecule has 0 aliphatic rings. The van der Waals surface area contributed by atoms with Gasteiger partial charge in [0.25, 0.3) is 6.43 Å². The lowest BCUT2D eigenvalue weighted by atomic mass is 10.2. The van der Waals surface area contributed by atoms with Crippen LogP contribution in [0.5, 0.6) is 0 Å². The Morgan fingerprint density at radius 2 is 2.00 bits per heavy atom. The third-order valence-corrected chi connectivity index (χ3v) is 1.39. The van der Waals surface area contributed by atoms with Crippen molar-refractivity contribution in [2.45, 2.75) is 20.3 Å². The summed E-state index contributed by atoms with van der Waals surface area (Å²) in [5.74, 6) is 0. The average Bonchev–Trinajstić information content (AvgIpc) is 1.98. The van der Waals surface area contributed by atoms with Crippen molar-refractivity contribution >= 4 is 18.3 Å². The second-order valence-electron chi connectivity index (χ2n) is 2.43. The fourth-order valence-corrected chi connectivity index (χ4v) is 0.752. The van der Waals surface area contributed by atoms with Gasteiger partial charge in [0.2, 0.25) is 0 Å². The molecule has 0 spiro atoms. The molecule has 0 aromatic carbocycles. The monoisotopic (exact) mass is 193 g/mol. The second kappa shape index (κ2) is 5.04. The Hall–Kier alpha value is -0.700. The summed E-state index contributed by atoms with van der Waals surface area (Å²) in [6.45, 7) is 6.48. The van der Waals surface area contributed by atoms with Crippen LogP contribution in [0, 0.1) is 0 Å². The zero-order valence-electron chi connectivity index (χ0n) is 6.94. The fourth-order valence-electron chi connectivity index (χ4n) is 0.615. The molecule has 0 atom stereocenters. The summed E-state index contributed by atoms with van der Waals surface area (Å²) in [5, 5.41) is -0.244. The van der Waals surface area contributed by atoms with Crippen LogP contribution in [0.25, 0.3) is 0 Å². The van der Waals surface area contributed by atoms with Gasteiger partial charge < -0.3 is 0 Å². The molecule has 0 heterocycles. The van der Waals surface area contributed by atoms with Gasteiger partial charge in [-0.05, 0) is 20.6 Å². The van der Waals surface area contributed by atoms with Crippen LogP contribution >= 0.6 is 11.6 Å². The molecule has 0 bridgehead atoms. The van der Waals surface area contributed by atoms with Crippen LogP contribution in [0.4, 0.5) is 8.78 Å². The summed E-state index contributed by atoms with van der Waals surface area (Å²) in [5.41, 5.74) is 0.457. The van der Waals surface area contributed by atoms with Crippen molar-refractivity contribution in [3.63, 3.8) is 0 Å². The van der Waals surface area contributed by atoms with Crippen molar-refractivity contribution < 1.29 is 8.78 Å². The summed E-state index contributed by atoms with van der Waals surface area (Å²) in [6.07, 6.45) is -1.32. The van der Waals surface area contributed by atoms with Gasteiger partial charge in [-0.2, -0.15) is 0 Å². The van der Waals surface area contributed by atoms with Gasteiger partial charge in [-0.3, -0.25) is 4.99 Å². The molecular weight excluding hydrogens is 184 g/mol. The Labute approximate surface area is 75.4 Å². The van der Waals surface area contributed by atoms with E-state index in [1.165, 1.54) is 6.08 Å². The molecule has 4 heteroatoms. The number of hydrogen-bond acceptors (Lipinski definition) is 1. The Bertz CT molecular complexity index is 227. The van der Waals surface area contributed by atoms with E-state index in [0.717, 1.165) is 5.57 Å². The van der Waals surface area contributed by atoms with Gasteiger partial charge in [0.05, 0.1) is 5.57 Å². The first-order valence-electron chi connectivity index (χ1n) is 3.28. The molecule has 0 amide bonds. The first-order valence-corrected chi connectivity index (χ1v) is 3.66. The van der Waals surface area contributed by atoms with Crippen molar-refractivity contribution in [1.82, 2.24) is 0 Å². The molecular formula is C8H10ClF2N. The minimum absolute atomic E-state index is 0.244. The molecule has 0 radical (unpaired) electrons. The molecule has 0 fully saturated rings. The average molecular weight is 194 g/mol. The first-order chi connectivity index (χ1) is 5.49. The number of rotatable bonds is 3. The number of halogens is 3. The molecule has 0 aliphatic carbocycles. The zero-order chi connectivity index (χ0) is 9.72. The van der Waals surface area contributed by atoms with Gasteiger partial charge in [-0.1, -0.05) is 23.3 Å². The van der Waals surface area contributed by atoms with Crippen molar-refractivity contribution in [3.05, 3.63) is 22.4 Å². The maximum absolute atomic E-state index is 12.2. The van der Waals surface area contributed by atoms with Gasteiger partial charge in [0.15, 0.2) is 0 Å². The summed E-state index contributed by atoms with van der Waals surface area (Å²) in [6, 6.07) is 0. The van der Waals surface area contributed by atoms with Crippen LogP contribution in [0.1, 0.15) is 13.8 Å². The topological polar surface area (TPSA) is 12.4 Å². The lowest BCUT2D eigenvalue weighted by Crippen LogP contribution is -1.96. The summed E-state index contributed by atoms with van der Waals surface area (Å²) in [7, 11) is 0. The molecule has 68 valence electrons. The number of hydrogen-bond donors (Lipinski definition) is 0. The van der Waals surface area contributed by atoms with Crippen molar-refractivity contribution in [3.8, 4) is 0 Å². The van der Waals surface area contributed by atoms with E-state index in [4.69, 9.17) is 11.6 Å². The number of aliphatic imine (C=N–C) groups is 1. The maximum atomic E-state index is 12.2. The largest absolute Gasteiger partial charge is 0.266 e. The molecule has 0 rings (SSSR count). The van der Waals surface area contributed by atoms with E-state index in [0.29, 0.717) is 0 Å². The minimum Gasteiger partial charge on any atom is -0.252 e. The Balaban J connectivity index is 4.92. The van der Waals surface area contributed by atoms with Crippen LogP contribution in [-0.2, 0) is 0 Å². The van der Waals surface area contributed by atoms with E-state index in [1.807, 2.05) is 0 Å². The van der Waals surface area contributed by atoms with Crippen molar-refractivity contribution in [1.29, 1.82) is 0 Å². The highest BCUT2D eigenvalue weighted by Crippen LogP contribution is 2.20. The van der Waals surface area contributed by atoms with E-state index in [2.05, 4.69) is 11.7 Å². The van der Waals surface area contributed by atoms with Crippen LogP contribution in [0.2, 0.25) is 0 Å². The van der Waals surface area contributed by atoms with Crippen LogP contribution in [-0.4, -0.2) is 13.1 Å². The van der Waals surface area contributed by atoms with Crippen LogP contribution in [0.3, 0.4) is 0 Å². The van der Waals surface area contributed by atoms with E-state index >= 15 is 0 Å². The molecule has 1 nitrogen and oxygen atoms in total. The lowest BCUT2D eigenvalue weighted by Gasteiger charge is -2.01. The SMILES string of the molecule is C=N/C(Cl)=C(\C=C(C)C)C(F)F. The molecule has 0 aliphatic heterocycles. The highest BCUT2D eigenvalue weighted by atomic mass is 35.5. The van der Waals surface area contributed by atoms with Crippen LogP contribution < -0.4 is 0 Å². The molecule has 0 N–H and O–H groups in total. The number of allylic oxidation sites excluding steroid dienone is 3. The van der Waals surface area contributed by atoms with Gasteiger partial charge in [-0.25, -0.2) is 8.78 Å². The molecule has 12 heavy (non-hydrogen) atoms. The number of alkyl halides is 2. The van der Waals surface area contributed by atoms with E-state index in [1.54, 1.807) is 13.8 Å². The molecule has 0 aromatic heterocycles. The second-order valence-corrected chi connectivity index (χ2v) is 2.78. The van der Waals surface area contributed by atoms with Gasteiger partial charge in [0, 0.05) is 0 Å². The predicted molar refractivity (Wildman–Crippen MR) is 47.9 cm³/mol. The van der Waals surface area contributed by atoms with Gasteiger partial charge in [-0.15, -0.1) is 0 Å². The highest BCUT2D eigenvalue weighted by Gasteiger charge is 2.12. The zero-order valence-corrected chi connectivity index (χ0v) is 7.70. The van der Waals surface area contributed by atoms with Gasteiger partial charge >= 0.3 is 0 Å². The Morgan fingerprint density at radius 3 is 2.25 bits per heavy atom. The van der Waals surface area contributed by atoms with E-state index < -0.39 is 6.43 Å². The summed E-state index contributed by atoms with van der Waals surface area (Å²) in [4.78, 5) is 3.23. The van der Waals surface area contributed by atoms with Gasteiger partial charge in [0.1, 0.15) is 5.16 Å². The summed E-state index contributed by atoms with van der Waals surface area (Å²) < 4.78 is 24.4. The van der Waals surface area contributed by atoms with E-state index in [9.17, 15) is 8.78 Å². The third-order valence-electron chi connectivity index (χ3n) is 1.06. The fraction of sp³-hybridized carbons (Fsp3) is 0.375. The smallest absolute Gasteiger partial charge is 0.252 e. The van der Waals surface area contributed by atoms with E-state index in [-0.39, 0.29) is 10.7 Å². The Morgan fingerprint density at radius 1 is 1.50 bits per heavy atom. The molecule has 0 saturated heterocycles. The standard InChI is InChI=1S/C8H10ClF2N/c1-5(2)4-6(8(10)11)7(9)12-3/h4,8H,3H2,1-2H3/b7-6+. The molecule has 0 aromatic rings. The number of nitrogens with zero attached hydrogens (tertiary/aromatic N) is 1. The lowest BCUT2D eigenvalue weighted by molar-refractivity contribution is 0.193. The summed E-state index contributed by atoms with van der Waals surface area (Å²) >= 11 is 5.40. The van der Waals surface area contributed by atoms with Crippen molar-refractivity contribution in [2.24, 2.45) is 4.99 Å². The molecule has 0 unspecified atom stereocenters. The maximum Gasteiger partial charge on any atom is 0.266 e. The molecule has 0 saturated carbocycles. The van der Waals surface area contributed by atoms with Crippen molar-refractivity contribution in [2.75, 3.05) is 0 Å².